The Morgan fingerprint density at radius 2 is 2.00 bits per heavy atom. The molecule has 0 saturated carbocycles. The molecule has 1 amide bonds. The second-order valence-corrected chi connectivity index (χ2v) is 6.41. The molecule has 0 atom stereocenters. The Hall–Kier alpha value is -2.14. The molecule has 1 aliphatic carbocycles. The maximum atomic E-state index is 11.9. The minimum Gasteiger partial charge on any atom is -0.444 e. The van der Waals surface area contributed by atoms with Gasteiger partial charge in [-0.15, -0.1) is 11.3 Å². The van der Waals surface area contributed by atoms with Gasteiger partial charge in [-0.1, -0.05) is 30.3 Å². The number of ether oxygens (including phenoxy) is 1. The number of carbonyl (C=O) groups is 2. The largest absolute Gasteiger partial charge is 0.444 e. The van der Waals surface area contributed by atoms with Crippen LogP contribution in [0.2, 0.25) is 0 Å². The van der Waals surface area contributed by atoms with Crippen LogP contribution in [0.5, 0.6) is 0 Å². The molecule has 1 aromatic heterocycles. The van der Waals surface area contributed by atoms with Crippen LogP contribution in [0.1, 0.15) is 39.7 Å². The lowest BCUT2D eigenvalue weighted by molar-refractivity contribution is 0.101. The monoisotopic (exact) mass is 315 g/mol. The number of aryl methyl sites for hydroxylation is 1. The van der Waals surface area contributed by atoms with E-state index >= 15 is 0 Å². The van der Waals surface area contributed by atoms with Gasteiger partial charge in [-0.2, -0.15) is 0 Å². The van der Waals surface area contributed by atoms with Crippen LogP contribution in [0.25, 0.3) is 0 Å². The average Bonchev–Trinajstić information content (AvgIpc) is 3.06. The topological polar surface area (TPSA) is 55.4 Å². The SMILES string of the molecule is CC(=O)c1c(NC(=O)OCc2ccccc2)sc2c1CCC2. The Bertz CT molecular complexity index is 706. The minimum absolute atomic E-state index is 0.00207. The summed E-state index contributed by atoms with van der Waals surface area (Å²) in [7, 11) is 0. The summed E-state index contributed by atoms with van der Waals surface area (Å²) in [5, 5.41) is 3.35. The quantitative estimate of drug-likeness (QED) is 0.861. The summed E-state index contributed by atoms with van der Waals surface area (Å²) in [6.07, 6.45) is 2.47. The molecular formula is C17H17NO3S. The standard InChI is InChI=1S/C17H17NO3S/c1-11(19)15-13-8-5-9-14(13)22-16(15)18-17(20)21-10-12-6-3-2-4-7-12/h2-4,6-7H,5,8-10H2,1H3,(H,18,20). The van der Waals surface area contributed by atoms with Gasteiger partial charge in [0, 0.05) is 4.88 Å². The molecule has 0 bridgehead atoms. The molecule has 0 saturated heterocycles. The van der Waals surface area contributed by atoms with E-state index in [4.69, 9.17) is 4.74 Å². The third-order valence-corrected chi connectivity index (χ3v) is 4.91. The van der Waals surface area contributed by atoms with E-state index in [1.54, 1.807) is 6.92 Å². The molecule has 2 aromatic rings. The number of hydrogen-bond donors (Lipinski definition) is 1. The first-order chi connectivity index (χ1) is 10.6. The maximum absolute atomic E-state index is 11.9. The zero-order valence-corrected chi connectivity index (χ0v) is 13.2. The van der Waals surface area contributed by atoms with Gasteiger partial charge in [0.25, 0.3) is 0 Å². The van der Waals surface area contributed by atoms with Crippen LogP contribution in [-0.4, -0.2) is 11.9 Å². The predicted octanol–water partition coefficient (Wildman–Crippen LogP) is 4.19. The summed E-state index contributed by atoms with van der Waals surface area (Å²) >= 11 is 1.49. The maximum Gasteiger partial charge on any atom is 0.412 e. The number of rotatable bonds is 4. The van der Waals surface area contributed by atoms with Crippen molar-refractivity contribution < 1.29 is 14.3 Å². The van der Waals surface area contributed by atoms with Crippen LogP contribution >= 0.6 is 11.3 Å². The van der Waals surface area contributed by atoms with Crippen LogP contribution < -0.4 is 5.32 Å². The summed E-state index contributed by atoms with van der Waals surface area (Å²) in [6, 6.07) is 9.50. The van der Waals surface area contributed by atoms with Crippen LogP contribution in [-0.2, 0) is 24.2 Å². The molecule has 1 aromatic carbocycles. The second-order valence-electron chi connectivity index (χ2n) is 5.30. The molecule has 5 heteroatoms. The zero-order valence-electron chi connectivity index (χ0n) is 12.3. The Morgan fingerprint density at radius 1 is 1.23 bits per heavy atom. The highest BCUT2D eigenvalue weighted by atomic mass is 32.1. The number of benzene rings is 1. The molecule has 114 valence electrons. The third kappa shape index (κ3) is 3.04. The highest BCUT2D eigenvalue weighted by molar-refractivity contribution is 7.17. The summed E-state index contributed by atoms with van der Waals surface area (Å²) in [5.41, 5.74) is 2.70. The van der Waals surface area contributed by atoms with Gasteiger partial charge in [-0.25, -0.2) is 4.79 Å². The number of anilines is 1. The number of thiophene rings is 1. The molecule has 0 fully saturated rings. The second kappa shape index (κ2) is 6.32. The summed E-state index contributed by atoms with van der Waals surface area (Å²) in [5.74, 6) is -0.00207. The van der Waals surface area contributed by atoms with Crippen LogP contribution in [0.4, 0.5) is 9.80 Å². The van der Waals surface area contributed by atoms with Crippen LogP contribution in [0, 0.1) is 0 Å². The zero-order chi connectivity index (χ0) is 15.5. The first-order valence-electron chi connectivity index (χ1n) is 7.28. The molecule has 0 aliphatic heterocycles. The molecule has 0 spiro atoms. The molecule has 1 N–H and O–H groups in total. The number of Topliss-reactive ketones (excluding diaryl/α,β-unsaturated/α-hetero) is 1. The molecule has 1 heterocycles. The molecule has 0 radical (unpaired) electrons. The lowest BCUT2D eigenvalue weighted by atomic mass is 10.1. The third-order valence-electron chi connectivity index (χ3n) is 3.70. The summed E-state index contributed by atoms with van der Waals surface area (Å²) < 4.78 is 5.21. The first-order valence-corrected chi connectivity index (χ1v) is 8.10. The highest BCUT2D eigenvalue weighted by Crippen LogP contribution is 2.39. The number of carbonyl (C=O) groups excluding carboxylic acids is 2. The Kier molecular flexibility index (Phi) is 4.24. The van der Waals surface area contributed by atoms with Gasteiger partial charge in [-0.05, 0) is 37.3 Å². The van der Waals surface area contributed by atoms with E-state index in [1.165, 1.54) is 16.2 Å². The van der Waals surface area contributed by atoms with E-state index in [0.717, 1.165) is 30.4 Å². The number of fused-ring (bicyclic) bond motifs is 1. The van der Waals surface area contributed by atoms with Crippen molar-refractivity contribution in [3.8, 4) is 0 Å². The fourth-order valence-corrected chi connectivity index (χ4v) is 4.04. The van der Waals surface area contributed by atoms with Gasteiger partial charge < -0.3 is 4.74 Å². The van der Waals surface area contributed by atoms with Crippen molar-refractivity contribution >= 4 is 28.2 Å². The van der Waals surface area contributed by atoms with Crippen LogP contribution in [0.15, 0.2) is 30.3 Å². The van der Waals surface area contributed by atoms with Crippen molar-refractivity contribution in [3.05, 3.63) is 51.9 Å². The Morgan fingerprint density at radius 3 is 2.73 bits per heavy atom. The predicted molar refractivity (Wildman–Crippen MR) is 86.6 cm³/mol. The fraction of sp³-hybridized carbons (Fsp3) is 0.294. The molecule has 0 unspecified atom stereocenters. The summed E-state index contributed by atoms with van der Waals surface area (Å²) in [4.78, 5) is 25.0. The smallest absolute Gasteiger partial charge is 0.412 e. The van der Waals surface area contributed by atoms with Gasteiger partial charge in [-0.3, -0.25) is 10.1 Å². The van der Waals surface area contributed by atoms with Gasteiger partial charge in [0.2, 0.25) is 0 Å². The molecule has 22 heavy (non-hydrogen) atoms. The number of amides is 1. The Balaban J connectivity index is 1.68. The minimum atomic E-state index is -0.522. The van der Waals surface area contributed by atoms with E-state index in [0.29, 0.717) is 10.6 Å². The lowest BCUT2D eigenvalue weighted by Gasteiger charge is -2.07. The number of nitrogens with one attached hydrogen (secondary N) is 1. The van der Waals surface area contributed by atoms with Gasteiger partial charge in [0.1, 0.15) is 11.6 Å². The van der Waals surface area contributed by atoms with Gasteiger partial charge >= 0.3 is 6.09 Å². The van der Waals surface area contributed by atoms with Gasteiger partial charge in [0.15, 0.2) is 5.78 Å². The van der Waals surface area contributed by atoms with E-state index < -0.39 is 6.09 Å². The molecule has 1 aliphatic rings. The molecular weight excluding hydrogens is 298 g/mol. The highest BCUT2D eigenvalue weighted by Gasteiger charge is 2.25. The van der Waals surface area contributed by atoms with Crippen molar-refractivity contribution in [1.29, 1.82) is 0 Å². The first kappa shape index (κ1) is 14.8. The normalized spacial score (nSPS) is 12.8. The fourth-order valence-electron chi connectivity index (χ4n) is 2.72. The van der Waals surface area contributed by atoms with Gasteiger partial charge in [0.05, 0.1) is 5.56 Å². The van der Waals surface area contributed by atoms with Crippen LogP contribution in [0.3, 0.4) is 0 Å². The molecule has 3 rings (SSSR count). The van der Waals surface area contributed by atoms with E-state index in [-0.39, 0.29) is 12.4 Å². The van der Waals surface area contributed by atoms with E-state index in [1.807, 2.05) is 30.3 Å². The lowest BCUT2D eigenvalue weighted by Crippen LogP contribution is -2.14. The van der Waals surface area contributed by atoms with E-state index in [2.05, 4.69) is 5.32 Å². The van der Waals surface area contributed by atoms with Crippen molar-refractivity contribution in [1.82, 2.24) is 0 Å². The molecule has 4 nitrogen and oxygen atoms in total. The Labute approximate surface area is 133 Å². The van der Waals surface area contributed by atoms with Crippen molar-refractivity contribution in [2.75, 3.05) is 5.32 Å². The average molecular weight is 315 g/mol. The van der Waals surface area contributed by atoms with Crippen molar-refractivity contribution in [2.45, 2.75) is 32.8 Å². The van der Waals surface area contributed by atoms with E-state index in [9.17, 15) is 9.59 Å². The number of hydrogen-bond acceptors (Lipinski definition) is 4. The van der Waals surface area contributed by atoms with Crippen molar-refractivity contribution in [3.63, 3.8) is 0 Å². The van der Waals surface area contributed by atoms with Crippen molar-refractivity contribution in [2.24, 2.45) is 0 Å². The number of ketones is 1. The summed E-state index contributed by atoms with van der Waals surface area (Å²) in [6.45, 7) is 1.76.